The Balaban J connectivity index is 1.91. The molecule has 1 atom stereocenters. The summed E-state index contributed by atoms with van der Waals surface area (Å²) in [5.74, 6) is 1.40. The fourth-order valence-corrected chi connectivity index (χ4v) is 4.34. The minimum Gasteiger partial charge on any atom is -0.497 e. The van der Waals surface area contributed by atoms with E-state index >= 15 is 0 Å². The Bertz CT molecular complexity index is 1070. The Morgan fingerprint density at radius 2 is 2.03 bits per heavy atom. The summed E-state index contributed by atoms with van der Waals surface area (Å²) in [5, 5.41) is 18.0. The molecular weight excluding hydrogens is 382 g/mol. The molecule has 0 bridgehead atoms. The zero-order valence-electron chi connectivity index (χ0n) is 17.6. The molecule has 4 rings (SSSR count). The van der Waals surface area contributed by atoms with Gasteiger partial charge in [0.25, 0.3) is 0 Å². The standard InChI is InChI=1S/C23H27N3O4/c1-23(2)11-16(28)19-17(12-23)30-22-20(21(24)26(13-25-22)9-4-10-27)18(19)14-5-7-15(29-3)8-6-14/h5-8,13,18,24,27H,4,9-12H2,1-3H3/t18-/m0/s1. The first kappa shape index (κ1) is 20.3. The first-order valence-corrected chi connectivity index (χ1v) is 10.2. The third-order valence-electron chi connectivity index (χ3n) is 5.77. The number of Topliss-reactive ketones (excluding diaryl/α,β-unsaturated/α-hetero) is 1. The van der Waals surface area contributed by atoms with Gasteiger partial charge in [-0.05, 0) is 29.5 Å². The Morgan fingerprint density at radius 1 is 1.30 bits per heavy atom. The number of allylic oxidation sites excluding steroid dienone is 2. The molecule has 0 amide bonds. The highest BCUT2D eigenvalue weighted by Crippen LogP contribution is 2.48. The molecule has 1 aliphatic heterocycles. The lowest BCUT2D eigenvalue weighted by molar-refractivity contribution is -0.118. The number of aromatic nitrogens is 2. The highest BCUT2D eigenvalue weighted by Gasteiger charge is 2.43. The molecule has 0 saturated heterocycles. The van der Waals surface area contributed by atoms with Crippen LogP contribution in [0.1, 0.15) is 50.2 Å². The monoisotopic (exact) mass is 409 g/mol. The number of carbonyl (C=O) groups excluding carboxylic acids is 1. The number of methoxy groups -OCH3 is 1. The number of aliphatic hydroxyl groups is 1. The lowest BCUT2D eigenvalue weighted by Gasteiger charge is -2.38. The molecule has 2 N–H and O–H groups in total. The van der Waals surface area contributed by atoms with Crippen LogP contribution in [-0.2, 0) is 11.3 Å². The molecular formula is C23H27N3O4. The lowest BCUT2D eigenvalue weighted by Crippen LogP contribution is -2.37. The van der Waals surface area contributed by atoms with E-state index in [2.05, 4.69) is 18.8 Å². The van der Waals surface area contributed by atoms with Crippen molar-refractivity contribution in [3.63, 3.8) is 0 Å². The number of benzene rings is 1. The second-order valence-electron chi connectivity index (χ2n) is 8.67. The number of carbonyl (C=O) groups is 1. The minimum atomic E-state index is -0.417. The predicted molar refractivity (Wildman–Crippen MR) is 110 cm³/mol. The molecule has 2 heterocycles. The second-order valence-corrected chi connectivity index (χ2v) is 8.67. The largest absolute Gasteiger partial charge is 0.497 e. The first-order valence-electron chi connectivity index (χ1n) is 10.2. The zero-order valence-corrected chi connectivity index (χ0v) is 17.6. The van der Waals surface area contributed by atoms with E-state index in [4.69, 9.17) is 14.9 Å². The summed E-state index contributed by atoms with van der Waals surface area (Å²) >= 11 is 0. The summed E-state index contributed by atoms with van der Waals surface area (Å²) in [6.07, 6.45) is 3.18. The number of aliphatic hydroxyl groups excluding tert-OH is 1. The Hall–Kier alpha value is -2.93. The van der Waals surface area contributed by atoms with Crippen LogP contribution >= 0.6 is 0 Å². The van der Waals surface area contributed by atoms with Gasteiger partial charge in [0.2, 0.25) is 5.88 Å². The Morgan fingerprint density at radius 3 is 2.70 bits per heavy atom. The summed E-state index contributed by atoms with van der Waals surface area (Å²) in [7, 11) is 1.61. The van der Waals surface area contributed by atoms with Crippen molar-refractivity contribution in [1.29, 1.82) is 5.41 Å². The number of ketones is 1. The molecule has 7 nitrogen and oxygen atoms in total. The number of rotatable bonds is 5. The highest BCUT2D eigenvalue weighted by molar-refractivity contribution is 6.00. The highest BCUT2D eigenvalue weighted by atomic mass is 16.5. The van der Waals surface area contributed by atoms with Gasteiger partial charge in [0.1, 0.15) is 23.3 Å². The van der Waals surface area contributed by atoms with Crippen LogP contribution in [0.3, 0.4) is 0 Å². The fourth-order valence-electron chi connectivity index (χ4n) is 4.34. The third kappa shape index (κ3) is 3.54. The predicted octanol–water partition coefficient (Wildman–Crippen LogP) is 2.92. The van der Waals surface area contributed by atoms with Gasteiger partial charge in [0.15, 0.2) is 5.78 Å². The van der Waals surface area contributed by atoms with Gasteiger partial charge in [-0.15, -0.1) is 0 Å². The number of nitrogens with one attached hydrogen (secondary N) is 1. The molecule has 1 aromatic heterocycles. The number of nitrogens with zero attached hydrogens (tertiary/aromatic N) is 2. The molecule has 7 heteroatoms. The Labute approximate surface area is 175 Å². The molecule has 1 aliphatic carbocycles. The van der Waals surface area contributed by atoms with Crippen LogP contribution in [-0.4, -0.2) is 34.2 Å². The third-order valence-corrected chi connectivity index (χ3v) is 5.77. The summed E-state index contributed by atoms with van der Waals surface area (Å²) in [6.45, 7) is 4.63. The second kappa shape index (κ2) is 7.72. The van der Waals surface area contributed by atoms with Gasteiger partial charge in [-0.25, -0.2) is 4.98 Å². The number of ether oxygens (including phenoxy) is 2. The van der Waals surface area contributed by atoms with Crippen LogP contribution in [0, 0.1) is 10.8 Å². The summed E-state index contributed by atoms with van der Waals surface area (Å²) in [5.41, 5.74) is 2.18. The minimum absolute atomic E-state index is 0.0325. The maximum atomic E-state index is 13.2. The molecule has 0 unspecified atom stereocenters. The van der Waals surface area contributed by atoms with Crippen molar-refractivity contribution >= 4 is 5.78 Å². The number of fused-ring (bicyclic) bond motifs is 1. The van der Waals surface area contributed by atoms with Crippen molar-refractivity contribution in [2.24, 2.45) is 5.41 Å². The number of hydrogen-bond acceptors (Lipinski definition) is 6. The van der Waals surface area contributed by atoms with Crippen molar-refractivity contribution in [3.05, 3.63) is 58.5 Å². The molecule has 0 fully saturated rings. The maximum Gasteiger partial charge on any atom is 0.228 e. The summed E-state index contributed by atoms with van der Waals surface area (Å²) in [6, 6.07) is 7.59. The zero-order chi connectivity index (χ0) is 21.5. The van der Waals surface area contributed by atoms with Gasteiger partial charge < -0.3 is 19.1 Å². The Kier molecular flexibility index (Phi) is 5.24. The molecule has 0 radical (unpaired) electrons. The van der Waals surface area contributed by atoms with E-state index in [9.17, 15) is 9.90 Å². The average Bonchev–Trinajstić information content (AvgIpc) is 2.71. The van der Waals surface area contributed by atoms with Crippen LogP contribution < -0.4 is 15.0 Å². The van der Waals surface area contributed by atoms with Gasteiger partial charge >= 0.3 is 0 Å². The van der Waals surface area contributed by atoms with E-state index in [-0.39, 0.29) is 23.3 Å². The van der Waals surface area contributed by atoms with Crippen molar-refractivity contribution in [2.75, 3.05) is 13.7 Å². The van der Waals surface area contributed by atoms with Crippen LogP contribution in [0.2, 0.25) is 0 Å². The average molecular weight is 409 g/mol. The molecule has 0 spiro atoms. The molecule has 158 valence electrons. The van der Waals surface area contributed by atoms with E-state index in [1.807, 2.05) is 24.3 Å². The van der Waals surface area contributed by atoms with E-state index in [0.717, 1.165) is 11.3 Å². The normalized spacial score (nSPS) is 19.7. The van der Waals surface area contributed by atoms with Crippen LogP contribution in [0.4, 0.5) is 0 Å². The van der Waals surface area contributed by atoms with Crippen molar-refractivity contribution in [2.45, 2.75) is 45.6 Å². The molecule has 0 saturated carbocycles. The van der Waals surface area contributed by atoms with E-state index in [0.29, 0.717) is 48.6 Å². The number of hydrogen-bond donors (Lipinski definition) is 2. The molecule has 30 heavy (non-hydrogen) atoms. The van der Waals surface area contributed by atoms with Crippen molar-refractivity contribution in [3.8, 4) is 11.6 Å². The molecule has 2 aromatic rings. The topological polar surface area (TPSA) is 97.4 Å². The van der Waals surface area contributed by atoms with Gasteiger partial charge in [-0.2, -0.15) is 0 Å². The van der Waals surface area contributed by atoms with E-state index < -0.39 is 5.92 Å². The molecule has 2 aliphatic rings. The summed E-state index contributed by atoms with van der Waals surface area (Å²) in [4.78, 5) is 17.7. The van der Waals surface area contributed by atoms with Gasteiger partial charge in [0.05, 0.1) is 12.7 Å². The van der Waals surface area contributed by atoms with E-state index in [1.54, 1.807) is 18.0 Å². The lowest BCUT2D eigenvalue weighted by atomic mass is 9.70. The van der Waals surface area contributed by atoms with E-state index in [1.165, 1.54) is 0 Å². The van der Waals surface area contributed by atoms with Gasteiger partial charge in [-0.3, -0.25) is 10.2 Å². The van der Waals surface area contributed by atoms with Gasteiger partial charge in [0, 0.05) is 37.5 Å². The quantitative estimate of drug-likeness (QED) is 0.791. The maximum absolute atomic E-state index is 13.2. The van der Waals surface area contributed by atoms with Crippen LogP contribution in [0.25, 0.3) is 0 Å². The van der Waals surface area contributed by atoms with Crippen LogP contribution in [0.15, 0.2) is 41.9 Å². The first-order chi connectivity index (χ1) is 14.3. The summed E-state index contributed by atoms with van der Waals surface area (Å²) < 4.78 is 13.1. The smallest absolute Gasteiger partial charge is 0.228 e. The number of aryl methyl sites for hydroxylation is 1. The van der Waals surface area contributed by atoms with Crippen molar-refractivity contribution < 1.29 is 19.4 Å². The van der Waals surface area contributed by atoms with Crippen molar-refractivity contribution in [1.82, 2.24) is 9.55 Å². The van der Waals surface area contributed by atoms with Gasteiger partial charge in [-0.1, -0.05) is 26.0 Å². The SMILES string of the molecule is COc1ccc([C@H]2C3=C(CC(C)(C)CC3=O)Oc3ncn(CCCO)c(=N)c32)cc1. The molecule has 1 aromatic carbocycles. The fraction of sp³-hybridized carbons (Fsp3) is 0.435. The van der Waals surface area contributed by atoms with Crippen LogP contribution in [0.5, 0.6) is 11.6 Å².